The second kappa shape index (κ2) is 3.66. The monoisotopic (exact) mass is 179 g/mol. The van der Waals surface area contributed by atoms with Crippen molar-refractivity contribution in [1.29, 1.82) is 0 Å². The molecule has 13 heavy (non-hydrogen) atoms. The number of rotatable bonds is 2. The number of aromatic nitrogens is 2. The van der Waals surface area contributed by atoms with Gasteiger partial charge in [0.05, 0.1) is 7.11 Å². The standard InChI is InChI=1S/C8H9N3O2/c1-3-5-6(8(12)13-2)10-4-11-7(5)9/h3-4H,1H2,2H3,(H2,9,10,11). The third-order valence-electron chi connectivity index (χ3n) is 1.50. The fourth-order valence-electron chi connectivity index (χ4n) is 0.870. The van der Waals surface area contributed by atoms with Crippen LogP contribution in [0.4, 0.5) is 5.82 Å². The summed E-state index contributed by atoms with van der Waals surface area (Å²) in [6.45, 7) is 3.50. The van der Waals surface area contributed by atoms with Gasteiger partial charge in [0.15, 0.2) is 5.69 Å². The molecular formula is C8H9N3O2. The fraction of sp³-hybridized carbons (Fsp3) is 0.125. The Morgan fingerprint density at radius 2 is 2.38 bits per heavy atom. The Labute approximate surface area is 75.3 Å². The molecule has 5 nitrogen and oxygen atoms in total. The highest BCUT2D eigenvalue weighted by Crippen LogP contribution is 2.13. The number of methoxy groups -OCH3 is 1. The fourth-order valence-corrected chi connectivity index (χ4v) is 0.870. The van der Waals surface area contributed by atoms with E-state index in [1.807, 2.05) is 0 Å². The number of carbonyl (C=O) groups is 1. The number of esters is 1. The number of anilines is 1. The molecule has 0 amide bonds. The predicted molar refractivity (Wildman–Crippen MR) is 47.9 cm³/mol. The lowest BCUT2D eigenvalue weighted by atomic mass is 10.2. The van der Waals surface area contributed by atoms with E-state index in [-0.39, 0.29) is 11.5 Å². The lowest BCUT2D eigenvalue weighted by molar-refractivity contribution is 0.0593. The van der Waals surface area contributed by atoms with Gasteiger partial charge in [-0.25, -0.2) is 14.8 Å². The smallest absolute Gasteiger partial charge is 0.357 e. The third kappa shape index (κ3) is 1.64. The molecule has 0 aliphatic carbocycles. The molecule has 0 aliphatic rings. The van der Waals surface area contributed by atoms with E-state index in [1.165, 1.54) is 19.5 Å². The molecular weight excluding hydrogens is 170 g/mol. The average Bonchev–Trinajstić information content (AvgIpc) is 2.16. The third-order valence-corrected chi connectivity index (χ3v) is 1.50. The van der Waals surface area contributed by atoms with Crippen molar-refractivity contribution in [2.45, 2.75) is 0 Å². The van der Waals surface area contributed by atoms with Crippen LogP contribution in [0.2, 0.25) is 0 Å². The summed E-state index contributed by atoms with van der Waals surface area (Å²) in [5.41, 5.74) is 6.02. The first-order valence-corrected chi connectivity index (χ1v) is 3.52. The van der Waals surface area contributed by atoms with Crippen LogP contribution in [0.5, 0.6) is 0 Å². The number of hydrogen-bond donors (Lipinski definition) is 1. The van der Waals surface area contributed by atoms with Crippen molar-refractivity contribution in [2.24, 2.45) is 0 Å². The second-order valence-electron chi connectivity index (χ2n) is 2.22. The maximum Gasteiger partial charge on any atom is 0.357 e. The van der Waals surface area contributed by atoms with Crippen LogP contribution in [0.25, 0.3) is 6.08 Å². The topological polar surface area (TPSA) is 78.1 Å². The lowest BCUT2D eigenvalue weighted by Gasteiger charge is -2.03. The predicted octanol–water partition coefficient (Wildman–Crippen LogP) is 0.488. The van der Waals surface area contributed by atoms with Gasteiger partial charge in [-0.3, -0.25) is 0 Å². The Balaban J connectivity index is 3.28. The summed E-state index contributed by atoms with van der Waals surface area (Å²) in [6, 6.07) is 0. The quantitative estimate of drug-likeness (QED) is 0.668. The second-order valence-corrected chi connectivity index (χ2v) is 2.22. The zero-order valence-corrected chi connectivity index (χ0v) is 7.15. The maximum atomic E-state index is 11.1. The molecule has 0 aliphatic heterocycles. The molecule has 0 fully saturated rings. The van der Waals surface area contributed by atoms with Crippen LogP contribution in [0.3, 0.4) is 0 Å². The van der Waals surface area contributed by atoms with Gasteiger partial charge in [0.1, 0.15) is 12.1 Å². The summed E-state index contributed by atoms with van der Waals surface area (Å²) >= 11 is 0. The summed E-state index contributed by atoms with van der Waals surface area (Å²) in [7, 11) is 1.27. The van der Waals surface area contributed by atoms with Crippen LogP contribution in [0.1, 0.15) is 16.1 Å². The van der Waals surface area contributed by atoms with Gasteiger partial charge in [-0.2, -0.15) is 0 Å². The first-order chi connectivity index (χ1) is 6.20. The van der Waals surface area contributed by atoms with Crippen molar-refractivity contribution in [3.8, 4) is 0 Å². The van der Waals surface area contributed by atoms with Crippen molar-refractivity contribution in [1.82, 2.24) is 9.97 Å². The molecule has 2 N–H and O–H groups in total. The largest absolute Gasteiger partial charge is 0.464 e. The molecule has 0 spiro atoms. The highest BCUT2D eigenvalue weighted by molar-refractivity contribution is 5.92. The molecule has 0 aromatic carbocycles. The molecule has 68 valence electrons. The first kappa shape index (κ1) is 9.18. The van der Waals surface area contributed by atoms with Crippen LogP contribution in [0.15, 0.2) is 12.9 Å². The number of carbonyl (C=O) groups excluding carboxylic acids is 1. The van der Waals surface area contributed by atoms with Gasteiger partial charge in [-0.1, -0.05) is 12.7 Å². The molecule has 1 heterocycles. The molecule has 0 saturated carbocycles. The van der Waals surface area contributed by atoms with Crippen molar-refractivity contribution >= 4 is 17.9 Å². The van der Waals surface area contributed by atoms with Crippen molar-refractivity contribution in [2.75, 3.05) is 12.8 Å². The van der Waals surface area contributed by atoms with Crippen molar-refractivity contribution < 1.29 is 9.53 Å². The number of nitrogens with two attached hydrogens (primary N) is 1. The van der Waals surface area contributed by atoms with Gasteiger partial charge < -0.3 is 10.5 Å². The van der Waals surface area contributed by atoms with Crippen LogP contribution in [0, 0.1) is 0 Å². The van der Waals surface area contributed by atoms with Crippen LogP contribution >= 0.6 is 0 Å². The lowest BCUT2D eigenvalue weighted by Crippen LogP contribution is -2.09. The van der Waals surface area contributed by atoms with E-state index < -0.39 is 5.97 Å². The minimum Gasteiger partial charge on any atom is -0.464 e. The van der Waals surface area contributed by atoms with E-state index in [4.69, 9.17) is 5.73 Å². The summed E-state index contributed by atoms with van der Waals surface area (Å²) in [4.78, 5) is 18.6. The van der Waals surface area contributed by atoms with Gasteiger partial charge in [0, 0.05) is 5.56 Å². The summed E-state index contributed by atoms with van der Waals surface area (Å²) in [5.74, 6) is -0.339. The van der Waals surface area contributed by atoms with Crippen LogP contribution in [-0.4, -0.2) is 23.0 Å². The molecule has 1 aromatic rings. The summed E-state index contributed by atoms with van der Waals surface area (Å²) in [6.07, 6.45) is 2.62. The number of nitrogen functional groups attached to an aromatic ring is 1. The van der Waals surface area contributed by atoms with E-state index in [0.717, 1.165) is 0 Å². The summed E-state index contributed by atoms with van der Waals surface area (Å²) in [5, 5.41) is 0. The van der Waals surface area contributed by atoms with E-state index in [1.54, 1.807) is 0 Å². The van der Waals surface area contributed by atoms with Gasteiger partial charge >= 0.3 is 5.97 Å². The molecule has 0 atom stereocenters. The Bertz CT molecular complexity index is 349. The van der Waals surface area contributed by atoms with Gasteiger partial charge in [0.2, 0.25) is 0 Å². The van der Waals surface area contributed by atoms with Gasteiger partial charge in [-0.05, 0) is 0 Å². The van der Waals surface area contributed by atoms with Crippen LogP contribution < -0.4 is 5.73 Å². The molecule has 0 radical (unpaired) electrons. The molecule has 5 heteroatoms. The first-order valence-electron chi connectivity index (χ1n) is 3.52. The van der Waals surface area contributed by atoms with Crippen molar-refractivity contribution in [3.63, 3.8) is 0 Å². The van der Waals surface area contributed by atoms with Gasteiger partial charge in [0.25, 0.3) is 0 Å². The van der Waals surface area contributed by atoms with E-state index in [9.17, 15) is 4.79 Å². The minimum absolute atomic E-state index is 0.130. The molecule has 0 saturated heterocycles. The Morgan fingerprint density at radius 1 is 1.69 bits per heavy atom. The Kier molecular flexibility index (Phi) is 2.59. The Hall–Kier alpha value is -1.91. The van der Waals surface area contributed by atoms with Crippen LogP contribution in [-0.2, 0) is 4.74 Å². The molecule has 0 bridgehead atoms. The normalized spacial score (nSPS) is 9.31. The van der Waals surface area contributed by atoms with E-state index >= 15 is 0 Å². The highest BCUT2D eigenvalue weighted by Gasteiger charge is 2.13. The zero-order chi connectivity index (χ0) is 9.84. The molecule has 1 aromatic heterocycles. The van der Waals surface area contributed by atoms with E-state index in [2.05, 4.69) is 21.3 Å². The SMILES string of the molecule is C=Cc1c(N)ncnc1C(=O)OC. The highest BCUT2D eigenvalue weighted by atomic mass is 16.5. The number of hydrogen-bond acceptors (Lipinski definition) is 5. The van der Waals surface area contributed by atoms with Crippen molar-refractivity contribution in [3.05, 3.63) is 24.2 Å². The van der Waals surface area contributed by atoms with E-state index in [0.29, 0.717) is 5.56 Å². The average molecular weight is 179 g/mol. The number of ether oxygens (including phenoxy) is 1. The summed E-state index contributed by atoms with van der Waals surface area (Å²) < 4.78 is 4.50. The molecule has 1 rings (SSSR count). The molecule has 0 unspecified atom stereocenters. The Morgan fingerprint density at radius 3 is 2.92 bits per heavy atom. The maximum absolute atomic E-state index is 11.1. The van der Waals surface area contributed by atoms with Gasteiger partial charge in [-0.15, -0.1) is 0 Å². The number of nitrogens with zero attached hydrogens (tertiary/aromatic N) is 2. The zero-order valence-electron chi connectivity index (χ0n) is 7.15. The minimum atomic E-state index is -0.552.